The number of ether oxygens (including phenoxy) is 1. The van der Waals surface area contributed by atoms with Gasteiger partial charge in [0, 0.05) is 5.56 Å². The molecule has 0 bridgehead atoms. The summed E-state index contributed by atoms with van der Waals surface area (Å²) in [5.74, 6) is 0.197. The standard InChI is InChI=1S/C16H17NO/c1-11-4-5-12(2)15(10-11)13-6-8-14(9-7-13)16(17)18-3/h4-10,17H,1-3H3. The second kappa shape index (κ2) is 5.05. The average Bonchev–Trinajstić information content (AvgIpc) is 2.41. The lowest BCUT2D eigenvalue weighted by Gasteiger charge is -2.08. The van der Waals surface area contributed by atoms with Gasteiger partial charge in [-0.05, 0) is 42.7 Å². The van der Waals surface area contributed by atoms with E-state index < -0.39 is 0 Å². The summed E-state index contributed by atoms with van der Waals surface area (Å²) in [5.41, 5.74) is 5.72. The van der Waals surface area contributed by atoms with Crippen LogP contribution >= 0.6 is 0 Å². The van der Waals surface area contributed by atoms with Crippen molar-refractivity contribution in [1.29, 1.82) is 5.41 Å². The van der Waals surface area contributed by atoms with Crippen LogP contribution < -0.4 is 0 Å². The molecule has 0 radical (unpaired) electrons. The van der Waals surface area contributed by atoms with Crippen molar-refractivity contribution in [3.63, 3.8) is 0 Å². The lowest BCUT2D eigenvalue weighted by Crippen LogP contribution is -2.00. The van der Waals surface area contributed by atoms with Crippen molar-refractivity contribution in [2.45, 2.75) is 13.8 Å². The fourth-order valence-electron chi connectivity index (χ4n) is 1.97. The number of aryl methyl sites for hydroxylation is 2. The summed E-state index contributed by atoms with van der Waals surface area (Å²) >= 11 is 0. The summed E-state index contributed by atoms with van der Waals surface area (Å²) in [5, 5.41) is 7.61. The maximum Gasteiger partial charge on any atom is 0.212 e. The lowest BCUT2D eigenvalue weighted by atomic mass is 9.97. The van der Waals surface area contributed by atoms with E-state index in [1.807, 2.05) is 24.3 Å². The third kappa shape index (κ3) is 2.43. The molecule has 0 amide bonds. The molecule has 2 nitrogen and oxygen atoms in total. The Labute approximate surface area is 108 Å². The second-order valence-corrected chi connectivity index (χ2v) is 4.43. The van der Waals surface area contributed by atoms with Crippen LogP contribution in [0.15, 0.2) is 42.5 Å². The quantitative estimate of drug-likeness (QED) is 0.625. The molecule has 2 rings (SSSR count). The summed E-state index contributed by atoms with van der Waals surface area (Å²) in [7, 11) is 1.51. The molecule has 1 N–H and O–H groups in total. The number of nitrogens with one attached hydrogen (secondary N) is 1. The minimum atomic E-state index is 0.197. The number of hydrogen-bond donors (Lipinski definition) is 1. The number of benzene rings is 2. The van der Waals surface area contributed by atoms with E-state index in [9.17, 15) is 0 Å². The molecule has 0 aliphatic rings. The Morgan fingerprint density at radius 3 is 2.28 bits per heavy atom. The van der Waals surface area contributed by atoms with Gasteiger partial charge in [-0.15, -0.1) is 0 Å². The topological polar surface area (TPSA) is 33.1 Å². The van der Waals surface area contributed by atoms with Crippen LogP contribution in [0.1, 0.15) is 16.7 Å². The Balaban J connectivity index is 2.40. The van der Waals surface area contributed by atoms with Crippen LogP contribution in [-0.2, 0) is 4.74 Å². The molecule has 0 aromatic heterocycles. The lowest BCUT2D eigenvalue weighted by molar-refractivity contribution is 0.401. The molecule has 92 valence electrons. The van der Waals surface area contributed by atoms with Crippen LogP contribution in [0, 0.1) is 19.3 Å². The summed E-state index contributed by atoms with van der Waals surface area (Å²) in [6.07, 6.45) is 0. The Kier molecular flexibility index (Phi) is 3.47. The van der Waals surface area contributed by atoms with Gasteiger partial charge in [0.2, 0.25) is 5.90 Å². The predicted octanol–water partition coefficient (Wildman–Crippen LogP) is 3.94. The molecule has 0 aliphatic carbocycles. The van der Waals surface area contributed by atoms with Crippen LogP contribution in [0.25, 0.3) is 11.1 Å². The van der Waals surface area contributed by atoms with Gasteiger partial charge in [0.1, 0.15) is 0 Å². The monoisotopic (exact) mass is 239 g/mol. The van der Waals surface area contributed by atoms with Gasteiger partial charge < -0.3 is 4.74 Å². The van der Waals surface area contributed by atoms with E-state index in [1.54, 1.807) is 0 Å². The minimum absolute atomic E-state index is 0.197. The minimum Gasteiger partial charge on any atom is -0.481 e. The Hall–Kier alpha value is -2.09. The van der Waals surface area contributed by atoms with Crippen molar-refractivity contribution < 1.29 is 4.74 Å². The second-order valence-electron chi connectivity index (χ2n) is 4.43. The van der Waals surface area contributed by atoms with E-state index in [4.69, 9.17) is 10.1 Å². The van der Waals surface area contributed by atoms with Crippen LogP contribution in [0.4, 0.5) is 0 Å². The molecule has 0 fully saturated rings. The number of hydrogen-bond acceptors (Lipinski definition) is 2. The van der Waals surface area contributed by atoms with Crippen molar-refractivity contribution in [2.75, 3.05) is 7.11 Å². The molecule has 0 saturated heterocycles. The van der Waals surface area contributed by atoms with Gasteiger partial charge >= 0.3 is 0 Å². The van der Waals surface area contributed by atoms with Gasteiger partial charge in [0.05, 0.1) is 7.11 Å². The molecule has 0 spiro atoms. The van der Waals surface area contributed by atoms with Crippen LogP contribution in [0.2, 0.25) is 0 Å². The first kappa shape index (κ1) is 12.4. The van der Waals surface area contributed by atoms with Gasteiger partial charge in [-0.2, -0.15) is 0 Å². The van der Waals surface area contributed by atoms with E-state index in [1.165, 1.54) is 29.4 Å². The highest BCUT2D eigenvalue weighted by atomic mass is 16.5. The molecule has 18 heavy (non-hydrogen) atoms. The molecular formula is C16H17NO. The SMILES string of the molecule is COC(=N)c1ccc(-c2cc(C)ccc2C)cc1. The molecule has 2 aromatic carbocycles. The van der Waals surface area contributed by atoms with Gasteiger partial charge in [-0.1, -0.05) is 35.9 Å². The van der Waals surface area contributed by atoms with Gasteiger partial charge in [-0.25, -0.2) is 0 Å². The summed E-state index contributed by atoms with van der Waals surface area (Å²) < 4.78 is 4.91. The highest BCUT2D eigenvalue weighted by Crippen LogP contribution is 2.24. The highest BCUT2D eigenvalue weighted by Gasteiger charge is 2.04. The molecule has 0 atom stereocenters. The molecule has 2 heteroatoms. The van der Waals surface area contributed by atoms with Gasteiger partial charge in [0.25, 0.3) is 0 Å². The van der Waals surface area contributed by atoms with Crippen molar-refractivity contribution in [2.24, 2.45) is 0 Å². The largest absolute Gasteiger partial charge is 0.481 e. The zero-order chi connectivity index (χ0) is 13.1. The van der Waals surface area contributed by atoms with E-state index in [2.05, 4.69) is 32.0 Å². The maximum atomic E-state index is 7.61. The zero-order valence-corrected chi connectivity index (χ0v) is 10.9. The maximum absolute atomic E-state index is 7.61. The number of rotatable bonds is 2. The van der Waals surface area contributed by atoms with Crippen molar-refractivity contribution >= 4 is 5.90 Å². The summed E-state index contributed by atoms with van der Waals surface area (Å²) in [6, 6.07) is 14.3. The van der Waals surface area contributed by atoms with Gasteiger partial charge in [-0.3, -0.25) is 5.41 Å². The smallest absolute Gasteiger partial charge is 0.212 e. The fourth-order valence-corrected chi connectivity index (χ4v) is 1.97. The normalized spacial score (nSPS) is 10.2. The van der Waals surface area contributed by atoms with Crippen molar-refractivity contribution in [3.05, 3.63) is 59.2 Å². The summed E-state index contributed by atoms with van der Waals surface area (Å²) in [4.78, 5) is 0. The zero-order valence-electron chi connectivity index (χ0n) is 10.9. The first-order chi connectivity index (χ1) is 8.61. The van der Waals surface area contributed by atoms with Crippen molar-refractivity contribution in [1.82, 2.24) is 0 Å². The predicted molar refractivity (Wildman–Crippen MR) is 75.2 cm³/mol. The van der Waals surface area contributed by atoms with E-state index in [-0.39, 0.29) is 5.90 Å². The Morgan fingerprint density at radius 1 is 1.00 bits per heavy atom. The Morgan fingerprint density at radius 2 is 1.67 bits per heavy atom. The van der Waals surface area contributed by atoms with Crippen LogP contribution in [0.3, 0.4) is 0 Å². The molecule has 0 saturated carbocycles. The fraction of sp³-hybridized carbons (Fsp3) is 0.188. The number of methoxy groups -OCH3 is 1. The van der Waals surface area contributed by atoms with Crippen molar-refractivity contribution in [3.8, 4) is 11.1 Å². The highest BCUT2D eigenvalue weighted by molar-refractivity contribution is 5.92. The van der Waals surface area contributed by atoms with E-state index in [0.29, 0.717) is 0 Å². The van der Waals surface area contributed by atoms with E-state index >= 15 is 0 Å². The van der Waals surface area contributed by atoms with Gasteiger partial charge in [0.15, 0.2) is 0 Å². The Bertz CT molecular complexity index is 570. The first-order valence-electron chi connectivity index (χ1n) is 5.92. The average molecular weight is 239 g/mol. The first-order valence-corrected chi connectivity index (χ1v) is 5.92. The third-order valence-corrected chi connectivity index (χ3v) is 3.06. The van der Waals surface area contributed by atoms with Crippen LogP contribution in [-0.4, -0.2) is 13.0 Å². The van der Waals surface area contributed by atoms with Crippen LogP contribution in [0.5, 0.6) is 0 Å². The molecule has 0 aliphatic heterocycles. The molecule has 0 unspecified atom stereocenters. The third-order valence-electron chi connectivity index (χ3n) is 3.06. The summed E-state index contributed by atoms with van der Waals surface area (Å²) in [6.45, 7) is 4.21. The molecule has 0 heterocycles. The van der Waals surface area contributed by atoms with E-state index in [0.717, 1.165) is 5.56 Å². The molecular weight excluding hydrogens is 222 g/mol. The molecule has 2 aromatic rings.